The second kappa shape index (κ2) is 21.0. The Hall–Kier alpha value is -5.30. The molecule has 0 aliphatic carbocycles. The van der Waals surface area contributed by atoms with Crippen LogP contribution in [0, 0.1) is 0 Å². The van der Waals surface area contributed by atoms with E-state index in [9.17, 15) is 5.11 Å². The first-order valence-corrected chi connectivity index (χ1v) is 27.2. The Bertz CT molecular complexity index is 2250. The van der Waals surface area contributed by atoms with Crippen molar-refractivity contribution in [1.82, 2.24) is 0 Å². The number of phenols is 1. The van der Waals surface area contributed by atoms with Crippen molar-refractivity contribution in [2.75, 3.05) is 0 Å². The van der Waals surface area contributed by atoms with Crippen molar-refractivity contribution < 1.29 is 56.7 Å². The van der Waals surface area contributed by atoms with Crippen molar-refractivity contribution in [2.45, 2.75) is 252 Å². The van der Waals surface area contributed by atoms with Gasteiger partial charge in [-0.2, -0.15) is 0 Å². The standard InChI is InChI=1S/C61H92O12S/c1-53(2,3)64-38-32-43(67-56(10,11)12)49(44(33-38)68-57(13,14)15)74(73-52(63)41-30-28-29-31-42(41)62,50-45(69-58(16,17)18)34-39(65-54(4,5)6)35-46(50)70-59(19,20)21)51-47(71-60(22,23)24)36-40(66-55(7,8)9)37-48(51)72-61(25,26)27/h28-37,62H,1-27H3. The van der Waals surface area contributed by atoms with Crippen LogP contribution in [0.25, 0.3) is 0 Å². The zero-order valence-electron chi connectivity index (χ0n) is 50.1. The molecule has 4 aromatic rings. The van der Waals surface area contributed by atoms with Crippen LogP contribution in [0.4, 0.5) is 0 Å². The van der Waals surface area contributed by atoms with Crippen LogP contribution in [0.2, 0.25) is 0 Å². The number of carbonyl (C=O) groups excluding carboxylic acids is 1. The summed E-state index contributed by atoms with van der Waals surface area (Å²) in [5.41, 5.74) is -7.59. The lowest BCUT2D eigenvalue weighted by Crippen LogP contribution is -2.31. The summed E-state index contributed by atoms with van der Waals surface area (Å²) in [6, 6.07) is 17.1. The lowest BCUT2D eigenvalue weighted by molar-refractivity contribution is 0.0747. The number of rotatable bonds is 14. The molecule has 1 N–H and O–H groups in total. The number of ether oxygens (including phenoxy) is 9. The first-order valence-electron chi connectivity index (χ1n) is 25.6. The maximum absolute atomic E-state index is 16.1. The summed E-state index contributed by atoms with van der Waals surface area (Å²) in [7, 11) is -4.07. The zero-order valence-corrected chi connectivity index (χ0v) is 50.9. The lowest BCUT2D eigenvalue weighted by Gasteiger charge is -2.46. The van der Waals surface area contributed by atoms with E-state index in [0.29, 0.717) is 17.2 Å². The number of para-hydroxylation sites is 1. The Balaban J connectivity index is 2.78. The monoisotopic (exact) mass is 1050 g/mol. The molecule has 0 bridgehead atoms. The lowest BCUT2D eigenvalue weighted by atomic mass is 10.1. The molecular formula is C61H92O12S. The molecule has 0 fully saturated rings. The van der Waals surface area contributed by atoms with E-state index in [4.69, 9.17) is 46.8 Å². The number of benzene rings is 4. The molecule has 0 amide bonds. The maximum Gasteiger partial charge on any atom is 0.353 e. The minimum absolute atomic E-state index is 0.123. The Labute approximate surface area is 446 Å². The van der Waals surface area contributed by atoms with Gasteiger partial charge in [-0.15, -0.1) is 0 Å². The minimum atomic E-state index is -4.07. The van der Waals surface area contributed by atoms with Gasteiger partial charge in [-0.25, -0.2) is 4.79 Å². The smallest absolute Gasteiger partial charge is 0.353 e. The fourth-order valence-corrected chi connectivity index (χ4v) is 10.9. The minimum Gasteiger partial charge on any atom is -0.507 e. The molecule has 0 unspecified atom stereocenters. The molecular weight excluding hydrogens is 957 g/mol. The maximum atomic E-state index is 16.1. The van der Waals surface area contributed by atoms with Gasteiger partial charge in [-0.1, -0.05) is 12.1 Å². The highest BCUT2D eigenvalue weighted by atomic mass is 32.3. The van der Waals surface area contributed by atoms with Gasteiger partial charge in [0.1, 0.15) is 128 Å². The summed E-state index contributed by atoms with van der Waals surface area (Å²) in [4.78, 5) is 16.8. The highest BCUT2D eigenvalue weighted by Gasteiger charge is 2.52. The highest BCUT2D eigenvalue weighted by molar-refractivity contribution is 8.30. The Morgan fingerprint density at radius 3 is 0.730 bits per heavy atom. The molecule has 12 nitrogen and oxygen atoms in total. The fourth-order valence-electron chi connectivity index (χ4n) is 7.42. The summed E-state index contributed by atoms with van der Waals surface area (Å²) in [5, 5.41) is 11.7. The Morgan fingerprint density at radius 2 is 0.541 bits per heavy atom. The molecule has 0 atom stereocenters. The molecule has 0 saturated heterocycles. The van der Waals surface area contributed by atoms with Gasteiger partial charge in [0.25, 0.3) is 0 Å². The molecule has 0 aromatic heterocycles. The Kier molecular flexibility index (Phi) is 17.4. The SMILES string of the molecule is CC(C)(C)Oc1cc(OC(C)(C)C)c(S(OC(=O)c2ccccc2O)(c2c(OC(C)(C)C)cc(OC(C)(C)C)cc2OC(C)(C)C)c2c(OC(C)(C)C)cc(OC(C)(C)C)cc2OC(C)(C)C)c(OC(C)(C)C)c1. The number of phenolic OH excluding ortho intramolecular Hbond substituents is 1. The molecule has 414 valence electrons. The molecule has 4 rings (SSSR count). The fraction of sp³-hybridized carbons (Fsp3) is 0.590. The predicted molar refractivity (Wildman–Crippen MR) is 299 cm³/mol. The third-order valence-corrected chi connectivity index (χ3v) is 12.3. The van der Waals surface area contributed by atoms with Crippen LogP contribution in [0.1, 0.15) is 197 Å². The van der Waals surface area contributed by atoms with E-state index < -0.39 is 66.7 Å². The van der Waals surface area contributed by atoms with Crippen LogP contribution < -0.4 is 42.6 Å². The summed E-state index contributed by atoms with van der Waals surface area (Å²) < 4.78 is 71.4. The predicted octanol–water partition coefficient (Wildman–Crippen LogP) is 17.0. The largest absolute Gasteiger partial charge is 0.507 e. The molecule has 74 heavy (non-hydrogen) atoms. The molecule has 0 radical (unpaired) electrons. The number of carbonyl (C=O) groups is 1. The molecule has 0 heterocycles. The number of aromatic hydroxyl groups is 1. The molecule has 0 aliphatic rings. The summed E-state index contributed by atoms with van der Waals surface area (Å²) in [6.45, 7) is 52.5. The van der Waals surface area contributed by atoms with Crippen LogP contribution >= 0.6 is 10.3 Å². The van der Waals surface area contributed by atoms with E-state index in [1.807, 2.05) is 187 Å². The van der Waals surface area contributed by atoms with Gasteiger partial charge in [0, 0.05) is 46.7 Å². The highest BCUT2D eigenvalue weighted by Crippen LogP contribution is 2.81. The third-order valence-electron chi connectivity index (χ3n) is 8.94. The van der Waals surface area contributed by atoms with Crippen molar-refractivity contribution in [3.63, 3.8) is 0 Å². The van der Waals surface area contributed by atoms with Crippen molar-refractivity contribution >= 4 is 16.3 Å². The van der Waals surface area contributed by atoms with Crippen molar-refractivity contribution in [2.24, 2.45) is 0 Å². The molecule has 0 aliphatic heterocycles. The van der Waals surface area contributed by atoms with Gasteiger partial charge < -0.3 is 51.9 Å². The molecule has 0 spiro atoms. The number of hydrogen-bond donors (Lipinski definition) is 1. The van der Waals surface area contributed by atoms with E-state index in [-0.39, 0.29) is 60.5 Å². The average Bonchev–Trinajstić information content (AvgIpc) is 3.08. The van der Waals surface area contributed by atoms with Crippen LogP contribution in [0.5, 0.6) is 57.5 Å². The van der Waals surface area contributed by atoms with E-state index in [1.165, 1.54) is 12.1 Å². The molecule has 0 saturated carbocycles. The van der Waals surface area contributed by atoms with Crippen LogP contribution in [-0.4, -0.2) is 61.5 Å². The zero-order chi connectivity index (χ0) is 56.8. The first-order chi connectivity index (χ1) is 33.0. The Morgan fingerprint density at radius 1 is 0.338 bits per heavy atom. The van der Waals surface area contributed by atoms with E-state index in [1.54, 1.807) is 48.5 Å². The van der Waals surface area contributed by atoms with Crippen molar-refractivity contribution in [3.05, 3.63) is 66.2 Å². The second-order valence-electron chi connectivity index (χ2n) is 27.6. The van der Waals surface area contributed by atoms with Crippen molar-refractivity contribution in [1.29, 1.82) is 0 Å². The van der Waals surface area contributed by atoms with Gasteiger partial charge in [-0.3, -0.25) is 0 Å². The molecule has 13 heteroatoms. The second-order valence-corrected chi connectivity index (χ2v) is 30.1. The first kappa shape index (κ1) is 61.2. The molecule has 4 aromatic carbocycles. The third kappa shape index (κ3) is 18.2. The van der Waals surface area contributed by atoms with Gasteiger partial charge in [0.2, 0.25) is 0 Å². The summed E-state index contributed by atoms with van der Waals surface area (Å²) in [6.07, 6.45) is 0. The van der Waals surface area contributed by atoms with Gasteiger partial charge in [0.05, 0.1) is 0 Å². The normalized spacial score (nSPS) is 13.7. The van der Waals surface area contributed by atoms with E-state index in [2.05, 4.69) is 0 Å². The summed E-state index contributed by atoms with van der Waals surface area (Å²) in [5.74, 6) is 1.42. The van der Waals surface area contributed by atoms with Gasteiger partial charge >= 0.3 is 5.97 Å². The van der Waals surface area contributed by atoms with Crippen molar-refractivity contribution in [3.8, 4) is 57.5 Å². The van der Waals surface area contributed by atoms with Crippen LogP contribution in [-0.2, 0) is 4.18 Å². The van der Waals surface area contributed by atoms with E-state index in [0.717, 1.165) is 0 Å². The average molecular weight is 1050 g/mol. The van der Waals surface area contributed by atoms with Crippen LogP contribution in [0.3, 0.4) is 0 Å². The van der Waals surface area contributed by atoms with Gasteiger partial charge in [0.15, 0.2) is 0 Å². The summed E-state index contributed by atoms with van der Waals surface area (Å²) >= 11 is 0. The topological polar surface area (TPSA) is 130 Å². The van der Waals surface area contributed by atoms with E-state index >= 15 is 4.79 Å². The number of hydrogen-bond acceptors (Lipinski definition) is 12. The van der Waals surface area contributed by atoms with Crippen LogP contribution in [0.15, 0.2) is 75.4 Å². The van der Waals surface area contributed by atoms with Gasteiger partial charge in [-0.05, 0) is 199 Å². The quantitative estimate of drug-likeness (QED) is 0.129.